The zero-order valence-corrected chi connectivity index (χ0v) is 16.2. The van der Waals surface area contributed by atoms with Crippen LogP contribution in [0, 0.1) is 13.8 Å². The fourth-order valence-electron chi connectivity index (χ4n) is 2.26. The number of nitrogens with one attached hydrogen (secondary N) is 1. The SMILES string of the molecule is Cc1ccc(S(=O)(=O)NCc2ccc(C(=O)c3ccsc3)s2)cc1C. The average Bonchev–Trinajstić information content (AvgIpc) is 3.26. The van der Waals surface area contributed by atoms with Gasteiger partial charge in [0.25, 0.3) is 0 Å². The number of hydrogen-bond acceptors (Lipinski definition) is 5. The Morgan fingerprint density at radius 1 is 1.08 bits per heavy atom. The molecule has 2 heterocycles. The number of aryl methyl sites for hydroxylation is 2. The molecule has 0 atom stereocenters. The molecule has 7 heteroatoms. The molecule has 0 unspecified atom stereocenters. The summed E-state index contributed by atoms with van der Waals surface area (Å²) in [6, 6.07) is 10.4. The summed E-state index contributed by atoms with van der Waals surface area (Å²) in [5.74, 6) is -0.0329. The quantitative estimate of drug-likeness (QED) is 0.643. The summed E-state index contributed by atoms with van der Waals surface area (Å²) < 4.78 is 27.4. The minimum atomic E-state index is -3.58. The van der Waals surface area contributed by atoms with Crippen LogP contribution in [0.5, 0.6) is 0 Å². The van der Waals surface area contributed by atoms with E-state index >= 15 is 0 Å². The fraction of sp³-hybridized carbons (Fsp3) is 0.167. The van der Waals surface area contributed by atoms with Gasteiger partial charge in [-0.15, -0.1) is 11.3 Å². The van der Waals surface area contributed by atoms with Crippen LogP contribution in [0.4, 0.5) is 0 Å². The van der Waals surface area contributed by atoms with Crippen molar-refractivity contribution < 1.29 is 13.2 Å². The Balaban J connectivity index is 1.71. The molecule has 0 amide bonds. The second-order valence-electron chi connectivity index (χ2n) is 5.68. The number of thiophene rings is 2. The third kappa shape index (κ3) is 4.07. The van der Waals surface area contributed by atoms with E-state index in [4.69, 9.17) is 0 Å². The molecule has 0 aliphatic carbocycles. The number of ketones is 1. The summed E-state index contributed by atoms with van der Waals surface area (Å²) in [4.78, 5) is 13.9. The molecule has 4 nitrogen and oxygen atoms in total. The van der Waals surface area contributed by atoms with Gasteiger partial charge in [-0.25, -0.2) is 13.1 Å². The molecule has 25 heavy (non-hydrogen) atoms. The van der Waals surface area contributed by atoms with Crippen LogP contribution >= 0.6 is 22.7 Å². The van der Waals surface area contributed by atoms with Crippen molar-refractivity contribution in [1.82, 2.24) is 4.72 Å². The fourth-order valence-corrected chi connectivity index (χ4v) is 4.99. The van der Waals surface area contributed by atoms with Crippen molar-refractivity contribution in [2.24, 2.45) is 0 Å². The van der Waals surface area contributed by atoms with Gasteiger partial charge in [-0.3, -0.25) is 4.79 Å². The molecule has 0 saturated carbocycles. The van der Waals surface area contributed by atoms with Gasteiger partial charge in [-0.1, -0.05) is 6.07 Å². The molecule has 0 saturated heterocycles. The molecule has 0 aliphatic rings. The molecule has 3 aromatic rings. The number of benzene rings is 1. The van der Waals surface area contributed by atoms with Crippen LogP contribution in [0.25, 0.3) is 0 Å². The summed E-state index contributed by atoms with van der Waals surface area (Å²) >= 11 is 2.78. The van der Waals surface area contributed by atoms with Crippen molar-refractivity contribution in [3.8, 4) is 0 Å². The van der Waals surface area contributed by atoms with Crippen LogP contribution in [0.2, 0.25) is 0 Å². The van der Waals surface area contributed by atoms with Crippen molar-refractivity contribution >= 4 is 38.5 Å². The van der Waals surface area contributed by atoms with Crippen molar-refractivity contribution in [1.29, 1.82) is 0 Å². The van der Waals surface area contributed by atoms with Gasteiger partial charge < -0.3 is 0 Å². The van der Waals surface area contributed by atoms with Crippen LogP contribution < -0.4 is 4.72 Å². The molecular weight excluding hydrogens is 374 g/mol. The second kappa shape index (κ2) is 7.21. The molecule has 0 radical (unpaired) electrons. The van der Waals surface area contributed by atoms with Gasteiger partial charge in [-0.2, -0.15) is 11.3 Å². The molecule has 1 N–H and O–H groups in total. The van der Waals surface area contributed by atoms with E-state index in [9.17, 15) is 13.2 Å². The van der Waals surface area contributed by atoms with E-state index in [1.165, 1.54) is 22.7 Å². The van der Waals surface area contributed by atoms with E-state index in [-0.39, 0.29) is 17.2 Å². The maximum Gasteiger partial charge on any atom is 0.240 e. The number of hydrogen-bond donors (Lipinski definition) is 1. The monoisotopic (exact) mass is 391 g/mol. The Morgan fingerprint density at radius 2 is 1.88 bits per heavy atom. The maximum absolute atomic E-state index is 12.4. The van der Waals surface area contributed by atoms with E-state index < -0.39 is 10.0 Å². The molecule has 0 aliphatic heterocycles. The molecule has 0 bridgehead atoms. The van der Waals surface area contributed by atoms with Crippen LogP contribution in [0.15, 0.2) is 52.1 Å². The minimum Gasteiger partial charge on any atom is -0.288 e. The highest BCUT2D eigenvalue weighted by atomic mass is 32.2. The van der Waals surface area contributed by atoms with Crippen molar-refractivity contribution in [3.05, 3.63) is 73.6 Å². The largest absolute Gasteiger partial charge is 0.288 e. The summed E-state index contributed by atoms with van der Waals surface area (Å²) in [7, 11) is -3.58. The first kappa shape index (κ1) is 18.0. The van der Waals surface area contributed by atoms with Gasteiger partial charge in [0.2, 0.25) is 15.8 Å². The Hall–Kier alpha value is -1.80. The first-order chi connectivity index (χ1) is 11.9. The van der Waals surface area contributed by atoms with E-state index in [1.54, 1.807) is 36.4 Å². The lowest BCUT2D eigenvalue weighted by Gasteiger charge is -2.08. The van der Waals surface area contributed by atoms with Crippen LogP contribution in [0.1, 0.15) is 31.2 Å². The van der Waals surface area contributed by atoms with Crippen molar-refractivity contribution in [3.63, 3.8) is 0 Å². The number of rotatable bonds is 6. The predicted octanol–water partition coefficient (Wildman–Crippen LogP) is 4.14. The normalized spacial score (nSPS) is 11.6. The zero-order chi connectivity index (χ0) is 18.0. The Kier molecular flexibility index (Phi) is 5.19. The number of carbonyl (C=O) groups is 1. The van der Waals surface area contributed by atoms with Crippen LogP contribution in [-0.4, -0.2) is 14.2 Å². The molecule has 1 aromatic carbocycles. The Bertz CT molecular complexity index is 1000. The van der Waals surface area contributed by atoms with Crippen LogP contribution in [-0.2, 0) is 16.6 Å². The smallest absolute Gasteiger partial charge is 0.240 e. The molecule has 0 fully saturated rings. The highest BCUT2D eigenvalue weighted by Gasteiger charge is 2.16. The van der Waals surface area contributed by atoms with E-state index in [2.05, 4.69) is 4.72 Å². The van der Waals surface area contributed by atoms with Gasteiger partial charge >= 0.3 is 0 Å². The minimum absolute atomic E-state index is 0.0329. The maximum atomic E-state index is 12.4. The van der Waals surface area contributed by atoms with E-state index in [0.717, 1.165) is 16.0 Å². The first-order valence-corrected chi connectivity index (χ1v) is 10.8. The van der Waals surface area contributed by atoms with Gasteiger partial charge in [0, 0.05) is 22.4 Å². The first-order valence-electron chi connectivity index (χ1n) is 7.59. The lowest BCUT2D eigenvalue weighted by molar-refractivity contribution is 0.104. The van der Waals surface area contributed by atoms with Crippen molar-refractivity contribution in [2.75, 3.05) is 0 Å². The van der Waals surface area contributed by atoms with Crippen LogP contribution in [0.3, 0.4) is 0 Å². The third-order valence-electron chi connectivity index (χ3n) is 3.89. The highest BCUT2D eigenvalue weighted by Crippen LogP contribution is 2.22. The van der Waals surface area contributed by atoms with Gasteiger partial charge in [-0.05, 0) is 60.7 Å². The number of sulfonamides is 1. The predicted molar refractivity (Wildman–Crippen MR) is 102 cm³/mol. The second-order valence-corrected chi connectivity index (χ2v) is 9.39. The summed E-state index contributed by atoms with van der Waals surface area (Å²) in [5, 5.41) is 3.67. The highest BCUT2D eigenvalue weighted by molar-refractivity contribution is 7.89. The van der Waals surface area contributed by atoms with E-state index in [0.29, 0.717) is 10.4 Å². The third-order valence-corrected chi connectivity index (χ3v) is 7.06. The van der Waals surface area contributed by atoms with E-state index in [1.807, 2.05) is 24.6 Å². The average molecular weight is 392 g/mol. The molecular formula is C18H17NO3S3. The standard InChI is InChI=1S/C18H17NO3S3/c1-12-3-5-16(9-13(12)2)25(21,22)19-10-15-4-6-17(24-15)18(20)14-7-8-23-11-14/h3-9,11,19H,10H2,1-2H3. The lowest BCUT2D eigenvalue weighted by atomic mass is 10.1. The van der Waals surface area contributed by atoms with Gasteiger partial charge in [0.15, 0.2) is 0 Å². The lowest BCUT2D eigenvalue weighted by Crippen LogP contribution is -2.22. The summed E-state index contributed by atoms with van der Waals surface area (Å²) in [6.07, 6.45) is 0. The Morgan fingerprint density at radius 3 is 2.56 bits per heavy atom. The van der Waals surface area contributed by atoms with Gasteiger partial charge in [0.1, 0.15) is 0 Å². The summed E-state index contributed by atoms with van der Waals surface area (Å²) in [6.45, 7) is 3.99. The molecule has 3 rings (SSSR count). The topological polar surface area (TPSA) is 63.2 Å². The zero-order valence-electron chi connectivity index (χ0n) is 13.8. The summed E-state index contributed by atoms with van der Waals surface area (Å²) in [5.41, 5.74) is 2.64. The molecule has 130 valence electrons. The van der Waals surface area contributed by atoms with Crippen molar-refractivity contribution in [2.45, 2.75) is 25.3 Å². The van der Waals surface area contributed by atoms with Gasteiger partial charge in [0.05, 0.1) is 9.77 Å². The molecule has 2 aromatic heterocycles. The Labute approximate surface area is 155 Å². The number of carbonyl (C=O) groups excluding carboxylic acids is 1. The molecule has 0 spiro atoms.